The molecule has 0 radical (unpaired) electrons. The van der Waals surface area contributed by atoms with Gasteiger partial charge < -0.3 is 14.7 Å². The summed E-state index contributed by atoms with van der Waals surface area (Å²) in [5.74, 6) is 1.49. The van der Waals surface area contributed by atoms with Crippen molar-refractivity contribution in [2.24, 2.45) is 0 Å². The van der Waals surface area contributed by atoms with Gasteiger partial charge in [0.05, 0.1) is 18.9 Å². The first kappa shape index (κ1) is 13.0. The second-order valence-corrected chi connectivity index (χ2v) is 5.29. The monoisotopic (exact) mass is 308 g/mol. The zero-order valence-electron chi connectivity index (χ0n) is 11.8. The lowest BCUT2D eigenvalue weighted by molar-refractivity contribution is 0.417. The Morgan fingerprint density at radius 2 is 1.95 bits per heavy atom. The van der Waals surface area contributed by atoms with Crippen molar-refractivity contribution in [3.63, 3.8) is 0 Å². The van der Waals surface area contributed by atoms with Crippen molar-refractivity contribution < 1.29 is 4.74 Å². The zero-order valence-corrected chi connectivity index (χ0v) is 12.6. The standard InChI is InChI=1S/C16H12N4OS/c1-21-12-7-6-9-4-2-3-5-10(9)13(12)15-18-11-8-17-16(22)20-14(11)19-15/h2-8H,1H3,(H2,17,18,19,20,22). The lowest BCUT2D eigenvalue weighted by Gasteiger charge is -2.09. The van der Waals surface area contributed by atoms with E-state index in [0.717, 1.165) is 33.4 Å². The van der Waals surface area contributed by atoms with Gasteiger partial charge in [-0.15, -0.1) is 0 Å². The largest absolute Gasteiger partial charge is 0.496 e. The molecule has 0 amide bonds. The van der Waals surface area contributed by atoms with Gasteiger partial charge in [0, 0.05) is 0 Å². The fraction of sp³-hybridized carbons (Fsp3) is 0.0625. The predicted octanol–water partition coefficient (Wildman–Crippen LogP) is 3.84. The molecule has 0 fully saturated rings. The van der Waals surface area contributed by atoms with E-state index in [9.17, 15) is 0 Å². The van der Waals surface area contributed by atoms with Crippen LogP contribution in [0.5, 0.6) is 5.75 Å². The number of H-pyrrole nitrogens is 2. The zero-order chi connectivity index (χ0) is 15.1. The fourth-order valence-electron chi connectivity index (χ4n) is 2.62. The molecule has 2 aromatic carbocycles. The van der Waals surface area contributed by atoms with Gasteiger partial charge in [-0.05, 0) is 29.1 Å². The Kier molecular flexibility index (Phi) is 2.90. The first-order chi connectivity index (χ1) is 10.8. The summed E-state index contributed by atoms with van der Waals surface area (Å²) >= 11 is 5.05. The number of imidazole rings is 1. The molecule has 0 aliphatic rings. The maximum atomic E-state index is 5.52. The smallest absolute Gasteiger partial charge is 0.198 e. The molecule has 2 N–H and O–H groups in total. The molecule has 22 heavy (non-hydrogen) atoms. The maximum Gasteiger partial charge on any atom is 0.198 e. The highest BCUT2D eigenvalue weighted by atomic mass is 32.1. The fourth-order valence-corrected chi connectivity index (χ4v) is 2.77. The molecular weight excluding hydrogens is 296 g/mol. The SMILES string of the molecule is COc1ccc2ccccc2c1-c1nc2[nH]c(=S)ncc2[nH]1. The van der Waals surface area contributed by atoms with Gasteiger partial charge >= 0.3 is 0 Å². The van der Waals surface area contributed by atoms with Crippen molar-refractivity contribution >= 4 is 34.2 Å². The number of hydrogen-bond acceptors (Lipinski definition) is 4. The summed E-state index contributed by atoms with van der Waals surface area (Å²) in [6.07, 6.45) is 1.68. The second kappa shape index (κ2) is 4.92. The molecule has 108 valence electrons. The molecule has 0 bridgehead atoms. The van der Waals surface area contributed by atoms with Gasteiger partial charge in [-0.1, -0.05) is 30.3 Å². The Labute approximate surface area is 131 Å². The summed E-state index contributed by atoms with van der Waals surface area (Å²) in [6.45, 7) is 0. The highest BCUT2D eigenvalue weighted by molar-refractivity contribution is 7.71. The van der Waals surface area contributed by atoms with Gasteiger partial charge in [-0.3, -0.25) is 0 Å². The van der Waals surface area contributed by atoms with E-state index < -0.39 is 0 Å². The third kappa shape index (κ3) is 1.96. The molecule has 4 aromatic rings. The number of aromatic amines is 2. The van der Waals surface area contributed by atoms with Crippen LogP contribution in [0.3, 0.4) is 0 Å². The molecule has 0 unspecified atom stereocenters. The lowest BCUT2D eigenvalue weighted by atomic mass is 10.0. The van der Waals surface area contributed by atoms with E-state index in [-0.39, 0.29) is 0 Å². The minimum absolute atomic E-state index is 0.412. The second-order valence-electron chi connectivity index (χ2n) is 4.90. The van der Waals surface area contributed by atoms with Crippen LogP contribution in [0.15, 0.2) is 42.6 Å². The van der Waals surface area contributed by atoms with Crippen LogP contribution in [-0.2, 0) is 0 Å². The average molecular weight is 308 g/mol. The van der Waals surface area contributed by atoms with Crippen LogP contribution >= 0.6 is 12.2 Å². The third-order valence-electron chi connectivity index (χ3n) is 3.62. The number of hydrogen-bond donors (Lipinski definition) is 2. The summed E-state index contributed by atoms with van der Waals surface area (Å²) in [5.41, 5.74) is 2.42. The van der Waals surface area contributed by atoms with Crippen LogP contribution < -0.4 is 4.74 Å². The summed E-state index contributed by atoms with van der Waals surface area (Å²) < 4.78 is 5.93. The van der Waals surface area contributed by atoms with Gasteiger partial charge in [0.1, 0.15) is 17.1 Å². The first-order valence-corrected chi connectivity index (χ1v) is 7.18. The van der Waals surface area contributed by atoms with Crippen molar-refractivity contribution in [1.29, 1.82) is 0 Å². The highest BCUT2D eigenvalue weighted by Crippen LogP contribution is 2.35. The van der Waals surface area contributed by atoms with Crippen molar-refractivity contribution in [2.75, 3.05) is 7.11 Å². The Morgan fingerprint density at radius 3 is 2.82 bits per heavy atom. The summed E-state index contributed by atoms with van der Waals surface area (Å²) in [5, 5.41) is 2.21. The molecule has 6 heteroatoms. The number of methoxy groups -OCH3 is 1. The highest BCUT2D eigenvalue weighted by Gasteiger charge is 2.14. The van der Waals surface area contributed by atoms with Crippen molar-refractivity contribution in [1.82, 2.24) is 19.9 Å². The Morgan fingerprint density at radius 1 is 1.09 bits per heavy atom. The van der Waals surface area contributed by atoms with Crippen molar-refractivity contribution in [2.45, 2.75) is 0 Å². The Hall–Kier alpha value is -2.73. The quantitative estimate of drug-likeness (QED) is 0.552. The number of nitrogens with zero attached hydrogens (tertiary/aromatic N) is 2. The summed E-state index contributed by atoms with van der Waals surface area (Å²) in [4.78, 5) is 14.9. The number of ether oxygens (including phenoxy) is 1. The van der Waals surface area contributed by atoms with Crippen LogP contribution in [0.4, 0.5) is 0 Å². The molecule has 4 rings (SSSR count). The molecule has 0 aliphatic carbocycles. The molecule has 2 heterocycles. The van der Waals surface area contributed by atoms with Crippen LogP contribution in [0, 0.1) is 4.77 Å². The van der Waals surface area contributed by atoms with E-state index in [4.69, 9.17) is 17.0 Å². The maximum absolute atomic E-state index is 5.52. The molecular formula is C16H12N4OS. The van der Waals surface area contributed by atoms with Crippen LogP contribution in [-0.4, -0.2) is 27.0 Å². The topological polar surface area (TPSA) is 66.6 Å². The average Bonchev–Trinajstić information content (AvgIpc) is 2.96. The van der Waals surface area contributed by atoms with Crippen molar-refractivity contribution in [3.05, 3.63) is 47.4 Å². The van der Waals surface area contributed by atoms with Crippen LogP contribution in [0.1, 0.15) is 0 Å². The Bertz CT molecular complexity index is 1050. The molecule has 0 saturated heterocycles. The van der Waals surface area contributed by atoms with Crippen molar-refractivity contribution in [3.8, 4) is 17.1 Å². The van der Waals surface area contributed by atoms with E-state index >= 15 is 0 Å². The molecule has 0 aliphatic heterocycles. The predicted molar refractivity (Wildman–Crippen MR) is 88.6 cm³/mol. The molecule has 0 saturated carbocycles. The molecule has 2 aromatic heterocycles. The Balaban J connectivity index is 2.08. The number of aromatic nitrogens is 4. The minimum atomic E-state index is 0.412. The number of fused-ring (bicyclic) bond motifs is 2. The third-order valence-corrected chi connectivity index (χ3v) is 3.82. The summed E-state index contributed by atoms with van der Waals surface area (Å²) in [7, 11) is 1.66. The van der Waals surface area contributed by atoms with E-state index in [2.05, 4.69) is 32.1 Å². The number of benzene rings is 2. The van der Waals surface area contributed by atoms with Gasteiger partial charge in [0.15, 0.2) is 10.4 Å². The van der Waals surface area contributed by atoms with E-state index in [1.165, 1.54) is 0 Å². The molecule has 5 nitrogen and oxygen atoms in total. The number of nitrogens with one attached hydrogen (secondary N) is 2. The van der Waals surface area contributed by atoms with Gasteiger partial charge in [-0.25, -0.2) is 9.97 Å². The minimum Gasteiger partial charge on any atom is -0.496 e. The lowest BCUT2D eigenvalue weighted by Crippen LogP contribution is -1.91. The molecule has 0 spiro atoms. The summed E-state index contributed by atoms with van der Waals surface area (Å²) in [6, 6.07) is 12.1. The number of rotatable bonds is 2. The molecule has 0 atom stereocenters. The van der Waals surface area contributed by atoms with E-state index in [0.29, 0.717) is 10.4 Å². The van der Waals surface area contributed by atoms with Gasteiger partial charge in [-0.2, -0.15) is 0 Å². The van der Waals surface area contributed by atoms with Crippen LogP contribution in [0.25, 0.3) is 33.3 Å². The van der Waals surface area contributed by atoms with Crippen LogP contribution in [0.2, 0.25) is 0 Å². The van der Waals surface area contributed by atoms with Gasteiger partial charge in [0.25, 0.3) is 0 Å². The van der Waals surface area contributed by atoms with E-state index in [1.807, 2.05) is 24.3 Å². The van der Waals surface area contributed by atoms with E-state index in [1.54, 1.807) is 13.3 Å². The normalized spacial score (nSPS) is 11.1. The van der Waals surface area contributed by atoms with Gasteiger partial charge in [0.2, 0.25) is 0 Å². The first-order valence-electron chi connectivity index (χ1n) is 6.77.